The van der Waals surface area contributed by atoms with Crippen molar-refractivity contribution in [2.24, 2.45) is 0 Å². The first kappa shape index (κ1) is 20.6. The minimum atomic E-state index is -4.49. The summed E-state index contributed by atoms with van der Waals surface area (Å²) in [7, 11) is 0. The van der Waals surface area contributed by atoms with Gasteiger partial charge in [-0.2, -0.15) is 18.3 Å². The molecule has 166 valence electrons. The van der Waals surface area contributed by atoms with Gasteiger partial charge < -0.3 is 16.0 Å². The first-order chi connectivity index (χ1) is 15.4. The summed E-state index contributed by atoms with van der Waals surface area (Å²) in [4.78, 5) is 15.2. The van der Waals surface area contributed by atoms with Crippen molar-refractivity contribution < 1.29 is 13.2 Å². The molecule has 1 aliphatic rings. The predicted octanol–water partition coefficient (Wildman–Crippen LogP) is 3.98. The Kier molecular flexibility index (Phi) is 5.18. The molecule has 1 fully saturated rings. The highest BCUT2D eigenvalue weighted by Crippen LogP contribution is 2.34. The lowest BCUT2D eigenvalue weighted by molar-refractivity contribution is -0.140. The lowest BCUT2D eigenvalue weighted by Gasteiger charge is -2.22. The second-order valence-electron chi connectivity index (χ2n) is 7.53. The summed E-state index contributed by atoms with van der Waals surface area (Å²) in [6, 6.07) is 2.20. The van der Waals surface area contributed by atoms with E-state index in [9.17, 15) is 13.2 Å². The molecule has 4 N–H and O–H groups in total. The molecular weight excluding hydrogens is 441 g/mol. The van der Waals surface area contributed by atoms with Crippen molar-refractivity contribution >= 4 is 17.2 Å². The quantitative estimate of drug-likeness (QED) is 0.425. The molecule has 12 heteroatoms. The van der Waals surface area contributed by atoms with Crippen molar-refractivity contribution in [1.29, 1.82) is 0 Å². The van der Waals surface area contributed by atoms with Crippen LogP contribution in [0.3, 0.4) is 0 Å². The second-order valence-corrected chi connectivity index (χ2v) is 8.39. The highest BCUT2D eigenvalue weighted by Gasteiger charge is 2.34. The van der Waals surface area contributed by atoms with Gasteiger partial charge in [-0.15, -0.1) is 11.3 Å². The van der Waals surface area contributed by atoms with Gasteiger partial charge >= 0.3 is 6.18 Å². The number of alkyl halides is 3. The molecule has 5 heterocycles. The molecule has 0 saturated carbocycles. The lowest BCUT2D eigenvalue weighted by atomic mass is 10.1. The lowest BCUT2D eigenvalue weighted by Crippen LogP contribution is -2.29. The molecule has 1 saturated heterocycles. The van der Waals surface area contributed by atoms with Crippen LogP contribution in [0.2, 0.25) is 0 Å². The molecule has 4 aromatic rings. The number of H-pyrrole nitrogens is 1. The maximum absolute atomic E-state index is 12.8. The summed E-state index contributed by atoms with van der Waals surface area (Å²) in [6.07, 6.45) is 4.45. The van der Waals surface area contributed by atoms with E-state index in [2.05, 4.69) is 30.4 Å². The number of aromatic nitrogens is 6. The van der Waals surface area contributed by atoms with Gasteiger partial charge in [-0.05, 0) is 32.0 Å². The number of imidazole rings is 1. The highest BCUT2D eigenvalue weighted by molar-refractivity contribution is 7.13. The Labute approximate surface area is 184 Å². The predicted molar refractivity (Wildman–Crippen MR) is 115 cm³/mol. The maximum atomic E-state index is 12.8. The number of nitrogen functional groups attached to an aromatic ring is 1. The molecule has 4 aromatic heterocycles. The molecule has 32 heavy (non-hydrogen) atoms. The summed E-state index contributed by atoms with van der Waals surface area (Å²) < 4.78 is 40.5. The van der Waals surface area contributed by atoms with E-state index in [0.29, 0.717) is 23.1 Å². The molecule has 0 spiro atoms. The summed E-state index contributed by atoms with van der Waals surface area (Å²) in [6.45, 7) is 1.94. The Morgan fingerprint density at radius 3 is 2.66 bits per heavy atom. The number of pyridine rings is 1. The average molecular weight is 460 g/mol. The van der Waals surface area contributed by atoms with E-state index in [4.69, 9.17) is 5.73 Å². The number of rotatable bonds is 4. The number of piperidine rings is 1. The van der Waals surface area contributed by atoms with E-state index in [0.717, 1.165) is 53.8 Å². The van der Waals surface area contributed by atoms with Gasteiger partial charge in [0.15, 0.2) is 5.69 Å². The van der Waals surface area contributed by atoms with E-state index < -0.39 is 11.9 Å². The average Bonchev–Trinajstić information content (AvgIpc) is 3.54. The highest BCUT2D eigenvalue weighted by atomic mass is 32.1. The minimum absolute atomic E-state index is 0.196. The Balaban J connectivity index is 1.43. The largest absolute Gasteiger partial charge is 0.434 e. The minimum Gasteiger partial charge on any atom is -0.383 e. The van der Waals surface area contributed by atoms with Crippen molar-refractivity contribution in [2.45, 2.75) is 25.1 Å². The second kappa shape index (κ2) is 8.02. The Hall–Kier alpha value is -3.25. The molecule has 0 aliphatic carbocycles. The van der Waals surface area contributed by atoms with Gasteiger partial charge in [0.1, 0.15) is 16.6 Å². The molecule has 0 unspecified atom stereocenters. The standard InChI is InChI=1S/C20H19F3N8S/c21-20(22,23)16-10-32-19(30-16)15-8-27-18(29-15)14-5-11(6-26-17(14)24)12-7-28-31(9-12)13-1-3-25-4-2-13/h5-10,13,25H,1-4H2,(H2,24,26)(H,27,29). The number of thiazole rings is 1. The van der Waals surface area contributed by atoms with Crippen LogP contribution in [-0.2, 0) is 6.18 Å². The fraction of sp³-hybridized carbons (Fsp3) is 0.300. The molecule has 1 aliphatic heterocycles. The molecule has 5 rings (SSSR count). The van der Waals surface area contributed by atoms with Gasteiger partial charge in [0.2, 0.25) is 0 Å². The fourth-order valence-electron chi connectivity index (χ4n) is 3.68. The van der Waals surface area contributed by atoms with E-state index >= 15 is 0 Å². The van der Waals surface area contributed by atoms with Crippen molar-refractivity contribution in [1.82, 2.24) is 35.0 Å². The van der Waals surface area contributed by atoms with Gasteiger partial charge in [-0.3, -0.25) is 4.68 Å². The first-order valence-corrected chi connectivity index (χ1v) is 10.9. The first-order valence-electron chi connectivity index (χ1n) is 9.98. The number of hydrogen-bond acceptors (Lipinski definition) is 7. The third kappa shape index (κ3) is 3.98. The number of halogens is 3. The van der Waals surface area contributed by atoms with E-state index in [1.165, 1.54) is 6.20 Å². The zero-order chi connectivity index (χ0) is 22.3. The van der Waals surface area contributed by atoms with Crippen molar-refractivity contribution in [3.8, 4) is 33.2 Å². The summed E-state index contributed by atoms with van der Waals surface area (Å²) in [5, 5.41) is 9.03. The van der Waals surface area contributed by atoms with Crippen LogP contribution in [0.1, 0.15) is 24.6 Å². The SMILES string of the molecule is Nc1ncc(-c2cnn(C3CCNCC3)c2)cc1-c1ncc(-c2nc(C(F)(F)F)cs2)[nH]1. The summed E-state index contributed by atoms with van der Waals surface area (Å²) in [5.74, 6) is 0.664. The third-order valence-corrected chi connectivity index (χ3v) is 6.27. The normalized spacial score (nSPS) is 15.3. The number of hydrogen-bond donors (Lipinski definition) is 3. The van der Waals surface area contributed by atoms with Crippen LogP contribution in [0, 0.1) is 0 Å². The number of nitrogens with zero attached hydrogens (tertiary/aromatic N) is 5. The maximum Gasteiger partial charge on any atom is 0.434 e. The zero-order valence-corrected chi connectivity index (χ0v) is 17.5. The number of aromatic amines is 1. The van der Waals surface area contributed by atoms with Crippen LogP contribution < -0.4 is 11.1 Å². The van der Waals surface area contributed by atoms with Gasteiger partial charge in [0.25, 0.3) is 0 Å². The van der Waals surface area contributed by atoms with Gasteiger partial charge in [-0.1, -0.05) is 0 Å². The molecule has 0 amide bonds. The monoisotopic (exact) mass is 460 g/mol. The molecule has 0 bridgehead atoms. The molecule has 0 atom stereocenters. The number of nitrogens with one attached hydrogen (secondary N) is 2. The van der Waals surface area contributed by atoms with Crippen LogP contribution in [0.5, 0.6) is 0 Å². The molecule has 0 radical (unpaired) electrons. The van der Waals surface area contributed by atoms with E-state index in [-0.39, 0.29) is 10.8 Å². The Bertz CT molecular complexity index is 1240. The Morgan fingerprint density at radius 1 is 1.09 bits per heavy atom. The Morgan fingerprint density at radius 2 is 1.91 bits per heavy atom. The topological polar surface area (TPSA) is 110 Å². The van der Waals surface area contributed by atoms with Crippen LogP contribution in [0.25, 0.3) is 33.2 Å². The van der Waals surface area contributed by atoms with Crippen LogP contribution in [0.4, 0.5) is 19.0 Å². The fourth-order valence-corrected chi connectivity index (χ4v) is 4.47. The van der Waals surface area contributed by atoms with Crippen molar-refractivity contribution in [3.05, 3.63) is 41.9 Å². The van der Waals surface area contributed by atoms with Crippen LogP contribution >= 0.6 is 11.3 Å². The molecular formula is C20H19F3N8S. The third-order valence-electron chi connectivity index (χ3n) is 5.39. The number of nitrogens with two attached hydrogens (primary N) is 1. The smallest absolute Gasteiger partial charge is 0.383 e. The van der Waals surface area contributed by atoms with Crippen LogP contribution in [0.15, 0.2) is 36.2 Å². The molecule has 0 aromatic carbocycles. The van der Waals surface area contributed by atoms with E-state index in [1.807, 2.05) is 16.9 Å². The number of anilines is 1. The summed E-state index contributed by atoms with van der Waals surface area (Å²) in [5.41, 5.74) is 7.79. The van der Waals surface area contributed by atoms with Crippen LogP contribution in [-0.4, -0.2) is 42.8 Å². The van der Waals surface area contributed by atoms with E-state index in [1.54, 1.807) is 12.4 Å². The van der Waals surface area contributed by atoms with Crippen molar-refractivity contribution in [3.63, 3.8) is 0 Å². The van der Waals surface area contributed by atoms with Gasteiger partial charge in [-0.25, -0.2) is 15.0 Å². The summed E-state index contributed by atoms with van der Waals surface area (Å²) >= 11 is 0.894. The van der Waals surface area contributed by atoms with Gasteiger partial charge in [0, 0.05) is 28.9 Å². The van der Waals surface area contributed by atoms with Crippen molar-refractivity contribution in [2.75, 3.05) is 18.8 Å². The van der Waals surface area contributed by atoms with Gasteiger partial charge in [0.05, 0.1) is 29.7 Å². The zero-order valence-electron chi connectivity index (χ0n) is 16.7. The molecule has 8 nitrogen and oxygen atoms in total.